The van der Waals surface area contributed by atoms with E-state index in [2.05, 4.69) is 48.9 Å². The molecule has 0 saturated heterocycles. The minimum atomic E-state index is 0.986. The van der Waals surface area contributed by atoms with E-state index in [0.717, 1.165) is 19.6 Å². The summed E-state index contributed by atoms with van der Waals surface area (Å²) in [6.45, 7) is 9.66. The zero-order chi connectivity index (χ0) is 19.8. The second kappa shape index (κ2) is 23.7. The third kappa shape index (κ3) is 21.8. The molecule has 3 heteroatoms. The fourth-order valence-corrected chi connectivity index (χ4v) is 3.47. The van der Waals surface area contributed by atoms with Crippen molar-refractivity contribution in [3.05, 3.63) is 12.2 Å². The minimum Gasteiger partial charge on any atom is -0.242 e. The number of hydrogen-bond acceptors (Lipinski definition) is 3. The maximum Gasteiger partial charge on any atom is 0.0288 e. The summed E-state index contributed by atoms with van der Waals surface area (Å²) in [5.74, 6) is 0. The van der Waals surface area contributed by atoms with E-state index < -0.39 is 0 Å². The molecular weight excluding hydrogens is 330 g/mol. The summed E-state index contributed by atoms with van der Waals surface area (Å²) >= 11 is 0. The van der Waals surface area contributed by atoms with Gasteiger partial charge in [0.05, 0.1) is 0 Å². The van der Waals surface area contributed by atoms with E-state index in [1.54, 1.807) is 0 Å². The number of unbranched alkanes of at least 4 members (excludes halogenated alkanes) is 14. The lowest BCUT2D eigenvalue weighted by Crippen LogP contribution is -2.48. The third-order valence-electron chi connectivity index (χ3n) is 5.09. The standard InChI is InChI=1S/C24H51N3/c1-4-7-8-9-10-11-12-13-14-15-16-17-18-19-20-21-22-23-24-27(25-5-2)26-6-3/h15-16,25-26H,4-14,17-24H2,1-3H3/b16-15-. The van der Waals surface area contributed by atoms with E-state index in [0.29, 0.717) is 0 Å². The second-order valence-electron chi connectivity index (χ2n) is 7.82. The Kier molecular flexibility index (Phi) is 23.3. The molecular formula is C24H51N3. The van der Waals surface area contributed by atoms with Crippen LogP contribution in [-0.2, 0) is 0 Å². The van der Waals surface area contributed by atoms with Gasteiger partial charge in [0.15, 0.2) is 0 Å². The van der Waals surface area contributed by atoms with Crippen LogP contribution in [0, 0.1) is 0 Å². The molecule has 0 bridgehead atoms. The highest BCUT2D eigenvalue weighted by atomic mass is 15.7. The van der Waals surface area contributed by atoms with E-state index >= 15 is 0 Å². The molecule has 0 saturated carbocycles. The molecule has 162 valence electrons. The molecule has 0 fully saturated rings. The Balaban J connectivity index is 3.22. The van der Waals surface area contributed by atoms with Gasteiger partial charge in [-0.05, 0) is 32.1 Å². The van der Waals surface area contributed by atoms with Crippen LogP contribution in [0.5, 0.6) is 0 Å². The van der Waals surface area contributed by atoms with Gasteiger partial charge >= 0.3 is 0 Å². The average Bonchev–Trinajstić information content (AvgIpc) is 2.67. The minimum absolute atomic E-state index is 0.986. The largest absolute Gasteiger partial charge is 0.242 e. The van der Waals surface area contributed by atoms with E-state index in [4.69, 9.17) is 0 Å². The maximum atomic E-state index is 3.35. The van der Waals surface area contributed by atoms with Gasteiger partial charge in [-0.3, -0.25) is 0 Å². The molecule has 3 nitrogen and oxygen atoms in total. The highest BCUT2D eigenvalue weighted by molar-refractivity contribution is 4.81. The van der Waals surface area contributed by atoms with Crippen LogP contribution in [0.1, 0.15) is 124 Å². The monoisotopic (exact) mass is 381 g/mol. The summed E-state index contributed by atoms with van der Waals surface area (Å²) in [6, 6.07) is 0. The molecule has 0 heterocycles. The summed E-state index contributed by atoms with van der Waals surface area (Å²) in [6.07, 6.45) is 27.0. The molecule has 0 aliphatic carbocycles. The first-order valence-corrected chi connectivity index (χ1v) is 12.2. The highest BCUT2D eigenvalue weighted by Crippen LogP contribution is 2.11. The molecule has 0 spiro atoms. The zero-order valence-corrected chi connectivity index (χ0v) is 19.0. The number of nitrogens with zero attached hydrogens (tertiary/aromatic N) is 1. The topological polar surface area (TPSA) is 27.3 Å². The lowest BCUT2D eigenvalue weighted by molar-refractivity contribution is 0.117. The van der Waals surface area contributed by atoms with Crippen LogP contribution in [0.3, 0.4) is 0 Å². The molecule has 0 atom stereocenters. The predicted molar refractivity (Wildman–Crippen MR) is 123 cm³/mol. The molecule has 0 amide bonds. The van der Waals surface area contributed by atoms with E-state index in [-0.39, 0.29) is 0 Å². The first kappa shape index (κ1) is 26.6. The normalized spacial score (nSPS) is 11.9. The Labute approximate surface area is 171 Å². The van der Waals surface area contributed by atoms with Crippen molar-refractivity contribution in [3.8, 4) is 0 Å². The quantitative estimate of drug-likeness (QED) is 0.118. The van der Waals surface area contributed by atoms with Crippen LogP contribution >= 0.6 is 0 Å². The van der Waals surface area contributed by atoms with Crippen LogP contribution in [0.15, 0.2) is 12.2 Å². The van der Waals surface area contributed by atoms with Crippen molar-refractivity contribution in [3.63, 3.8) is 0 Å². The van der Waals surface area contributed by atoms with Crippen LogP contribution in [0.4, 0.5) is 0 Å². The van der Waals surface area contributed by atoms with Crippen molar-refractivity contribution >= 4 is 0 Å². The van der Waals surface area contributed by atoms with Gasteiger partial charge in [0.1, 0.15) is 0 Å². The summed E-state index contributed by atoms with van der Waals surface area (Å²) < 4.78 is 0. The van der Waals surface area contributed by atoms with Crippen molar-refractivity contribution in [1.29, 1.82) is 0 Å². The molecule has 0 aromatic heterocycles. The Hall–Kier alpha value is -0.380. The van der Waals surface area contributed by atoms with Gasteiger partial charge in [-0.1, -0.05) is 104 Å². The highest BCUT2D eigenvalue weighted by Gasteiger charge is 2.00. The Morgan fingerprint density at radius 3 is 1.37 bits per heavy atom. The van der Waals surface area contributed by atoms with E-state index in [1.165, 1.54) is 103 Å². The van der Waals surface area contributed by atoms with Gasteiger partial charge in [0, 0.05) is 19.6 Å². The van der Waals surface area contributed by atoms with Gasteiger partial charge < -0.3 is 0 Å². The van der Waals surface area contributed by atoms with E-state index in [1.807, 2.05) is 0 Å². The molecule has 0 aliphatic rings. The van der Waals surface area contributed by atoms with Crippen molar-refractivity contribution in [2.24, 2.45) is 0 Å². The number of nitrogens with one attached hydrogen (secondary N) is 2. The molecule has 0 radical (unpaired) electrons. The van der Waals surface area contributed by atoms with Crippen molar-refractivity contribution in [2.75, 3.05) is 19.6 Å². The molecule has 0 aliphatic heterocycles. The lowest BCUT2D eigenvalue weighted by atomic mass is 10.1. The Bertz CT molecular complexity index is 285. The summed E-state index contributed by atoms with van der Waals surface area (Å²) in [7, 11) is 0. The zero-order valence-electron chi connectivity index (χ0n) is 19.0. The van der Waals surface area contributed by atoms with Gasteiger partial charge in [-0.2, -0.15) is 5.12 Å². The van der Waals surface area contributed by atoms with Gasteiger partial charge in [-0.25, -0.2) is 10.9 Å². The Morgan fingerprint density at radius 1 is 0.519 bits per heavy atom. The molecule has 0 rings (SSSR count). The van der Waals surface area contributed by atoms with Crippen molar-refractivity contribution in [2.45, 2.75) is 124 Å². The molecule has 27 heavy (non-hydrogen) atoms. The third-order valence-corrected chi connectivity index (χ3v) is 5.09. The lowest BCUT2D eigenvalue weighted by Gasteiger charge is -2.22. The van der Waals surface area contributed by atoms with Crippen LogP contribution in [0.2, 0.25) is 0 Å². The smallest absolute Gasteiger partial charge is 0.0288 e. The molecule has 2 N–H and O–H groups in total. The van der Waals surface area contributed by atoms with Gasteiger partial charge in [0.2, 0.25) is 0 Å². The summed E-state index contributed by atoms with van der Waals surface area (Å²) in [5, 5.41) is 2.15. The van der Waals surface area contributed by atoms with Gasteiger partial charge in [-0.15, -0.1) is 0 Å². The first-order valence-electron chi connectivity index (χ1n) is 12.2. The fourth-order valence-electron chi connectivity index (χ4n) is 3.47. The van der Waals surface area contributed by atoms with Crippen LogP contribution in [0.25, 0.3) is 0 Å². The van der Waals surface area contributed by atoms with Gasteiger partial charge in [0.25, 0.3) is 0 Å². The molecule has 0 aromatic carbocycles. The average molecular weight is 382 g/mol. The Morgan fingerprint density at radius 2 is 0.926 bits per heavy atom. The SMILES string of the molecule is CCCCCCCCCC/C=C\CCCCCCCCN(NCC)NCC. The van der Waals surface area contributed by atoms with E-state index in [9.17, 15) is 0 Å². The fraction of sp³-hybridized carbons (Fsp3) is 0.917. The predicted octanol–water partition coefficient (Wildman–Crippen LogP) is 7.16. The van der Waals surface area contributed by atoms with Crippen LogP contribution < -0.4 is 10.9 Å². The van der Waals surface area contributed by atoms with Crippen LogP contribution in [-0.4, -0.2) is 24.8 Å². The van der Waals surface area contributed by atoms with Crippen molar-refractivity contribution < 1.29 is 0 Å². The maximum absolute atomic E-state index is 3.35. The first-order chi connectivity index (χ1) is 13.3. The number of hydrazine groups is 2. The number of rotatable bonds is 22. The second-order valence-corrected chi connectivity index (χ2v) is 7.82. The molecule has 0 aromatic rings. The molecule has 0 unspecified atom stereocenters. The summed E-state index contributed by atoms with van der Waals surface area (Å²) in [4.78, 5) is 0. The summed E-state index contributed by atoms with van der Waals surface area (Å²) in [5.41, 5.74) is 6.71. The number of hydrogen-bond donors (Lipinski definition) is 2. The number of allylic oxidation sites excluding steroid dienone is 2. The van der Waals surface area contributed by atoms with Crippen molar-refractivity contribution in [1.82, 2.24) is 16.0 Å².